The highest BCUT2D eigenvalue weighted by Crippen LogP contribution is 2.24. The fourth-order valence-electron chi connectivity index (χ4n) is 2.30. The number of hydrogen-bond acceptors (Lipinski definition) is 4. The van der Waals surface area contributed by atoms with Crippen molar-refractivity contribution in [3.05, 3.63) is 22.9 Å². The zero-order valence-electron chi connectivity index (χ0n) is 11.7. The molecule has 1 atom stereocenters. The smallest absolute Gasteiger partial charge is 0.144 e. The van der Waals surface area contributed by atoms with Gasteiger partial charge in [-0.3, -0.25) is 0 Å². The molecular formula is C15H22N4. The number of pyridine rings is 1. The molecule has 0 aliphatic heterocycles. The second-order valence-corrected chi connectivity index (χ2v) is 5.60. The minimum Gasteiger partial charge on any atom is -0.367 e. The number of nitriles is 1. The summed E-state index contributed by atoms with van der Waals surface area (Å²) >= 11 is 0. The standard InChI is InChI=1S/C15H22N4/c1-10(2)13(17)9-18-15-12(8-16)7-11-5-3-4-6-14(11)19-15/h7,10,13H,3-6,9,17H2,1-2H3,(H,18,19). The molecule has 0 saturated carbocycles. The van der Waals surface area contributed by atoms with E-state index in [1.54, 1.807) is 0 Å². The molecular weight excluding hydrogens is 236 g/mol. The van der Waals surface area contributed by atoms with Gasteiger partial charge in [-0.05, 0) is 43.2 Å². The third-order valence-corrected chi connectivity index (χ3v) is 3.78. The maximum Gasteiger partial charge on any atom is 0.144 e. The normalized spacial score (nSPS) is 15.7. The predicted molar refractivity (Wildman–Crippen MR) is 76.9 cm³/mol. The lowest BCUT2D eigenvalue weighted by molar-refractivity contribution is 0.511. The van der Waals surface area contributed by atoms with Crippen molar-refractivity contribution in [2.24, 2.45) is 11.7 Å². The van der Waals surface area contributed by atoms with Gasteiger partial charge < -0.3 is 11.1 Å². The van der Waals surface area contributed by atoms with Gasteiger partial charge in [0.1, 0.15) is 11.9 Å². The van der Waals surface area contributed by atoms with Gasteiger partial charge in [-0.25, -0.2) is 4.98 Å². The van der Waals surface area contributed by atoms with Crippen LogP contribution in [0.4, 0.5) is 5.82 Å². The van der Waals surface area contributed by atoms with Crippen molar-refractivity contribution in [2.75, 3.05) is 11.9 Å². The molecule has 1 unspecified atom stereocenters. The third-order valence-electron chi connectivity index (χ3n) is 3.78. The summed E-state index contributed by atoms with van der Waals surface area (Å²) in [6.07, 6.45) is 4.45. The average molecular weight is 258 g/mol. The quantitative estimate of drug-likeness (QED) is 0.868. The summed E-state index contributed by atoms with van der Waals surface area (Å²) < 4.78 is 0. The molecule has 0 fully saturated rings. The molecule has 0 radical (unpaired) electrons. The van der Waals surface area contributed by atoms with Gasteiger partial charge in [0.2, 0.25) is 0 Å². The first kappa shape index (κ1) is 13.8. The number of aromatic nitrogens is 1. The Hall–Kier alpha value is -1.60. The molecule has 1 aliphatic rings. The lowest BCUT2D eigenvalue weighted by Crippen LogP contribution is -2.34. The lowest BCUT2D eigenvalue weighted by atomic mass is 9.95. The zero-order valence-corrected chi connectivity index (χ0v) is 11.7. The van der Waals surface area contributed by atoms with Crippen molar-refractivity contribution in [1.29, 1.82) is 5.26 Å². The van der Waals surface area contributed by atoms with Crippen LogP contribution in [0.3, 0.4) is 0 Å². The summed E-state index contributed by atoms with van der Waals surface area (Å²) in [6, 6.07) is 4.30. The van der Waals surface area contributed by atoms with Crippen LogP contribution >= 0.6 is 0 Å². The summed E-state index contributed by atoms with van der Waals surface area (Å²) in [5, 5.41) is 12.5. The van der Waals surface area contributed by atoms with Crippen molar-refractivity contribution >= 4 is 5.82 Å². The highest BCUT2D eigenvalue weighted by molar-refractivity contribution is 5.54. The van der Waals surface area contributed by atoms with E-state index >= 15 is 0 Å². The van der Waals surface area contributed by atoms with Gasteiger partial charge in [0.05, 0.1) is 5.56 Å². The first-order chi connectivity index (χ1) is 9.11. The fourth-order valence-corrected chi connectivity index (χ4v) is 2.30. The van der Waals surface area contributed by atoms with E-state index in [-0.39, 0.29) is 6.04 Å². The van der Waals surface area contributed by atoms with E-state index in [2.05, 4.69) is 30.2 Å². The first-order valence-corrected chi connectivity index (χ1v) is 7.04. The number of anilines is 1. The molecule has 0 saturated heterocycles. The number of aryl methyl sites for hydroxylation is 2. The van der Waals surface area contributed by atoms with Crippen LogP contribution in [0.1, 0.15) is 43.5 Å². The summed E-state index contributed by atoms with van der Waals surface area (Å²) in [6.45, 7) is 4.84. The van der Waals surface area contributed by atoms with Crippen LogP contribution in [0.15, 0.2) is 6.07 Å². The van der Waals surface area contributed by atoms with Crippen molar-refractivity contribution in [1.82, 2.24) is 4.98 Å². The van der Waals surface area contributed by atoms with Crippen LogP contribution in [0, 0.1) is 17.2 Å². The topological polar surface area (TPSA) is 74.7 Å². The zero-order chi connectivity index (χ0) is 13.8. The van der Waals surface area contributed by atoms with Gasteiger partial charge in [-0.1, -0.05) is 13.8 Å². The number of nitrogens with two attached hydrogens (primary N) is 1. The van der Waals surface area contributed by atoms with E-state index in [0.717, 1.165) is 18.5 Å². The number of fused-ring (bicyclic) bond motifs is 1. The Balaban J connectivity index is 2.17. The van der Waals surface area contributed by atoms with E-state index in [1.807, 2.05) is 6.07 Å². The third kappa shape index (κ3) is 3.24. The summed E-state index contributed by atoms with van der Waals surface area (Å²) in [5.41, 5.74) is 9.04. The molecule has 1 aliphatic carbocycles. The molecule has 1 aromatic rings. The molecule has 3 N–H and O–H groups in total. The monoisotopic (exact) mass is 258 g/mol. The minimum atomic E-state index is 0.0735. The van der Waals surface area contributed by atoms with Gasteiger partial charge in [0, 0.05) is 18.3 Å². The van der Waals surface area contributed by atoms with Gasteiger partial charge >= 0.3 is 0 Å². The average Bonchev–Trinajstić information content (AvgIpc) is 2.43. The number of rotatable bonds is 4. The van der Waals surface area contributed by atoms with Gasteiger partial charge in [-0.15, -0.1) is 0 Å². The minimum absolute atomic E-state index is 0.0735. The largest absolute Gasteiger partial charge is 0.367 e. The molecule has 4 heteroatoms. The van der Waals surface area contributed by atoms with Crippen LogP contribution in [0.25, 0.3) is 0 Å². The Labute approximate surface area is 115 Å². The molecule has 102 valence electrons. The molecule has 1 heterocycles. The Morgan fingerprint density at radius 3 is 2.84 bits per heavy atom. The molecule has 0 spiro atoms. The first-order valence-electron chi connectivity index (χ1n) is 7.04. The van der Waals surface area contributed by atoms with E-state index in [4.69, 9.17) is 5.73 Å². The highest BCUT2D eigenvalue weighted by atomic mass is 15.0. The maximum absolute atomic E-state index is 9.23. The molecule has 4 nitrogen and oxygen atoms in total. The summed E-state index contributed by atoms with van der Waals surface area (Å²) in [4.78, 5) is 4.63. The van der Waals surface area contributed by atoms with Crippen LogP contribution in [0.5, 0.6) is 0 Å². The van der Waals surface area contributed by atoms with E-state index in [1.165, 1.54) is 18.4 Å². The lowest BCUT2D eigenvalue weighted by Gasteiger charge is -2.20. The SMILES string of the molecule is CC(C)C(N)CNc1nc2c(cc1C#N)CCCC2. The second kappa shape index (κ2) is 6.03. The Kier molecular flexibility index (Phi) is 4.39. The number of hydrogen-bond donors (Lipinski definition) is 2. The number of nitrogens with one attached hydrogen (secondary N) is 1. The van der Waals surface area contributed by atoms with Crippen LogP contribution < -0.4 is 11.1 Å². The van der Waals surface area contributed by atoms with Crippen LogP contribution in [0.2, 0.25) is 0 Å². The second-order valence-electron chi connectivity index (χ2n) is 5.60. The molecule has 0 aromatic carbocycles. The van der Waals surface area contributed by atoms with E-state index in [9.17, 15) is 5.26 Å². The van der Waals surface area contributed by atoms with Gasteiger partial charge in [0.25, 0.3) is 0 Å². The van der Waals surface area contributed by atoms with Crippen molar-refractivity contribution in [3.8, 4) is 6.07 Å². The predicted octanol–water partition coefficient (Wildman–Crippen LogP) is 2.23. The molecule has 2 rings (SSSR count). The highest BCUT2D eigenvalue weighted by Gasteiger charge is 2.16. The van der Waals surface area contributed by atoms with Gasteiger partial charge in [0.15, 0.2) is 0 Å². The maximum atomic E-state index is 9.23. The Morgan fingerprint density at radius 2 is 2.16 bits per heavy atom. The summed E-state index contributed by atoms with van der Waals surface area (Å²) in [7, 11) is 0. The van der Waals surface area contributed by atoms with Crippen molar-refractivity contribution in [2.45, 2.75) is 45.6 Å². The molecule has 19 heavy (non-hydrogen) atoms. The Morgan fingerprint density at radius 1 is 1.42 bits per heavy atom. The van der Waals surface area contributed by atoms with E-state index in [0.29, 0.717) is 23.8 Å². The summed E-state index contributed by atoms with van der Waals surface area (Å²) in [5.74, 6) is 1.11. The molecule has 1 aromatic heterocycles. The molecule has 0 amide bonds. The van der Waals surface area contributed by atoms with Crippen LogP contribution in [-0.4, -0.2) is 17.6 Å². The molecule has 0 bridgehead atoms. The van der Waals surface area contributed by atoms with E-state index < -0.39 is 0 Å². The van der Waals surface area contributed by atoms with Crippen LogP contribution in [-0.2, 0) is 12.8 Å². The number of nitrogens with zero attached hydrogens (tertiary/aromatic N) is 2. The Bertz CT molecular complexity index is 488. The van der Waals surface area contributed by atoms with Crippen molar-refractivity contribution < 1.29 is 0 Å². The van der Waals surface area contributed by atoms with Gasteiger partial charge in [-0.2, -0.15) is 5.26 Å². The fraction of sp³-hybridized carbons (Fsp3) is 0.600. The van der Waals surface area contributed by atoms with Crippen molar-refractivity contribution in [3.63, 3.8) is 0 Å².